The molecule has 6 heteroatoms. The molecule has 0 saturated carbocycles. The number of hydrogen-bond donors (Lipinski definition) is 2. The quantitative estimate of drug-likeness (QED) is 0.737. The fourth-order valence-corrected chi connectivity index (χ4v) is 1.06. The lowest BCUT2D eigenvalue weighted by molar-refractivity contribution is -0.143. The number of nitrogens with one attached hydrogen (secondary N) is 1. The summed E-state index contributed by atoms with van der Waals surface area (Å²) in [5.74, 6) is -1.86. The average Bonchev–Trinajstić information content (AvgIpc) is 2.01. The highest BCUT2D eigenvalue weighted by molar-refractivity contribution is 5.82. The van der Waals surface area contributed by atoms with Crippen LogP contribution in [0.1, 0.15) is 27.2 Å². The van der Waals surface area contributed by atoms with E-state index in [1.165, 1.54) is 13.8 Å². The van der Waals surface area contributed by atoms with Gasteiger partial charge < -0.3 is 10.4 Å². The first-order chi connectivity index (χ1) is 6.66. The van der Waals surface area contributed by atoms with Crippen LogP contribution in [-0.4, -0.2) is 29.5 Å². The second kappa shape index (κ2) is 5.04. The van der Waals surface area contributed by atoms with Crippen molar-refractivity contribution in [3.63, 3.8) is 0 Å². The Morgan fingerprint density at radius 1 is 1.40 bits per heavy atom. The van der Waals surface area contributed by atoms with Crippen molar-refractivity contribution < 1.29 is 23.5 Å². The minimum absolute atomic E-state index is 0.306. The van der Waals surface area contributed by atoms with E-state index in [2.05, 4.69) is 5.32 Å². The molecule has 0 heterocycles. The molecule has 0 fully saturated rings. The lowest BCUT2D eigenvalue weighted by Crippen LogP contribution is -2.44. The molecule has 2 N–H and O–H groups in total. The Hall–Kier alpha value is -1.20. The molecular weight excluding hydrogens is 208 g/mol. The van der Waals surface area contributed by atoms with Crippen molar-refractivity contribution in [2.45, 2.75) is 39.7 Å². The number of carbonyl (C=O) groups excluding carboxylic acids is 1. The molecule has 1 atom stereocenters. The molecule has 0 aromatic rings. The molecule has 88 valence electrons. The van der Waals surface area contributed by atoms with Gasteiger partial charge >= 0.3 is 5.97 Å². The molecule has 0 aliphatic rings. The Morgan fingerprint density at radius 2 is 1.87 bits per heavy atom. The van der Waals surface area contributed by atoms with E-state index in [-0.39, 0.29) is 6.42 Å². The van der Waals surface area contributed by atoms with E-state index in [0.29, 0.717) is 0 Å². The predicted octanol–water partition coefficient (Wildman–Crippen LogP) is 1.26. The molecule has 0 aromatic heterocycles. The van der Waals surface area contributed by atoms with Gasteiger partial charge in [-0.15, -0.1) is 0 Å². The number of amides is 1. The van der Waals surface area contributed by atoms with Crippen LogP contribution in [0.5, 0.6) is 0 Å². The van der Waals surface area contributed by atoms with Crippen molar-refractivity contribution in [3.8, 4) is 0 Å². The maximum Gasteiger partial charge on any atom is 0.326 e. The Bertz CT molecular complexity index is 254. The van der Waals surface area contributed by atoms with Gasteiger partial charge in [-0.05, 0) is 6.42 Å². The molecule has 1 amide bonds. The number of hydrogen-bond acceptors (Lipinski definition) is 2. The van der Waals surface area contributed by atoms with E-state index < -0.39 is 29.8 Å². The number of alkyl halides is 2. The SMILES string of the molecule is CC(=O)NC(CC(C)(C)C(F)F)C(=O)O. The Balaban J connectivity index is 4.54. The highest BCUT2D eigenvalue weighted by atomic mass is 19.3. The Labute approximate surface area is 86.7 Å². The second-order valence-electron chi connectivity index (χ2n) is 4.08. The second-order valence-corrected chi connectivity index (χ2v) is 4.08. The molecule has 4 nitrogen and oxygen atoms in total. The Kier molecular flexibility index (Phi) is 4.64. The van der Waals surface area contributed by atoms with Gasteiger partial charge in [0.15, 0.2) is 0 Å². The highest BCUT2D eigenvalue weighted by Gasteiger charge is 2.35. The summed E-state index contributed by atoms with van der Waals surface area (Å²) >= 11 is 0. The van der Waals surface area contributed by atoms with Gasteiger partial charge in [0.05, 0.1) is 0 Å². The fraction of sp³-hybridized carbons (Fsp3) is 0.778. The predicted molar refractivity (Wildman–Crippen MR) is 49.6 cm³/mol. The third-order valence-electron chi connectivity index (χ3n) is 2.00. The van der Waals surface area contributed by atoms with Crippen LogP contribution < -0.4 is 5.32 Å². The summed E-state index contributed by atoms with van der Waals surface area (Å²) in [5, 5.41) is 10.8. The molecule has 0 bridgehead atoms. The summed E-state index contributed by atoms with van der Waals surface area (Å²) < 4.78 is 24.9. The molecule has 1 unspecified atom stereocenters. The van der Waals surface area contributed by atoms with Gasteiger partial charge in [-0.3, -0.25) is 4.79 Å². The molecule has 0 saturated heterocycles. The van der Waals surface area contributed by atoms with Crippen molar-refractivity contribution in [3.05, 3.63) is 0 Å². The van der Waals surface area contributed by atoms with Crippen LogP contribution in [-0.2, 0) is 9.59 Å². The topological polar surface area (TPSA) is 66.4 Å². The monoisotopic (exact) mass is 223 g/mol. The summed E-state index contributed by atoms with van der Waals surface area (Å²) in [6, 6.07) is -1.27. The van der Waals surface area contributed by atoms with E-state index in [0.717, 1.165) is 6.92 Å². The van der Waals surface area contributed by atoms with Crippen molar-refractivity contribution in [1.82, 2.24) is 5.32 Å². The van der Waals surface area contributed by atoms with Crippen molar-refractivity contribution in [2.24, 2.45) is 5.41 Å². The standard InChI is InChI=1S/C9H15F2NO3/c1-5(13)12-6(7(14)15)4-9(2,3)8(10)11/h6,8H,4H2,1-3H3,(H,12,13)(H,14,15). The number of rotatable bonds is 5. The van der Waals surface area contributed by atoms with Crippen molar-refractivity contribution in [2.75, 3.05) is 0 Å². The van der Waals surface area contributed by atoms with E-state index in [1.807, 2.05) is 0 Å². The summed E-state index contributed by atoms with van der Waals surface area (Å²) in [7, 11) is 0. The largest absolute Gasteiger partial charge is 0.480 e. The van der Waals surface area contributed by atoms with Gasteiger partial charge in [0.1, 0.15) is 6.04 Å². The number of aliphatic carboxylic acids is 1. The summed E-state index contributed by atoms with van der Waals surface area (Å²) in [5.41, 5.74) is -1.44. The number of carbonyl (C=O) groups is 2. The average molecular weight is 223 g/mol. The molecule has 0 aliphatic carbocycles. The van der Waals surface area contributed by atoms with E-state index >= 15 is 0 Å². The van der Waals surface area contributed by atoms with E-state index in [1.54, 1.807) is 0 Å². The first kappa shape index (κ1) is 13.8. The molecule has 0 spiro atoms. The molecule has 0 radical (unpaired) electrons. The third kappa shape index (κ3) is 4.71. The highest BCUT2D eigenvalue weighted by Crippen LogP contribution is 2.30. The molecular formula is C9H15F2NO3. The van der Waals surface area contributed by atoms with Gasteiger partial charge in [-0.2, -0.15) is 0 Å². The lowest BCUT2D eigenvalue weighted by Gasteiger charge is -2.27. The van der Waals surface area contributed by atoms with Crippen molar-refractivity contribution >= 4 is 11.9 Å². The van der Waals surface area contributed by atoms with Crippen LogP contribution >= 0.6 is 0 Å². The van der Waals surface area contributed by atoms with Crippen LogP contribution in [0.4, 0.5) is 8.78 Å². The fourth-order valence-electron chi connectivity index (χ4n) is 1.06. The molecule has 0 aromatic carbocycles. The van der Waals surface area contributed by atoms with Gasteiger partial charge in [0.25, 0.3) is 0 Å². The third-order valence-corrected chi connectivity index (χ3v) is 2.00. The van der Waals surface area contributed by atoms with E-state index in [4.69, 9.17) is 5.11 Å². The minimum atomic E-state index is -2.63. The first-order valence-corrected chi connectivity index (χ1v) is 4.45. The van der Waals surface area contributed by atoms with Crippen LogP contribution in [0.2, 0.25) is 0 Å². The minimum Gasteiger partial charge on any atom is -0.480 e. The first-order valence-electron chi connectivity index (χ1n) is 4.45. The summed E-state index contributed by atoms with van der Waals surface area (Å²) in [6.07, 6.45) is -2.94. The Morgan fingerprint density at radius 3 is 2.13 bits per heavy atom. The maximum absolute atomic E-state index is 12.5. The number of carboxylic acid groups (broad SMARTS) is 1. The van der Waals surface area contributed by atoms with Gasteiger partial charge in [-0.25, -0.2) is 13.6 Å². The number of halogens is 2. The van der Waals surface area contributed by atoms with Gasteiger partial charge in [0, 0.05) is 12.3 Å². The molecule has 0 rings (SSSR count). The summed E-state index contributed by atoms with van der Waals surface area (Å²) in [6.45, 7) is 3.66. The van der Waals surface area contributed by atoms with Crippen LogP contribution in [0.25, 0.3) is 0 Å². The normalized spacial score (nSPS) is 13.7. The molecule has 0 aliphatic heterocycles. The maximum atomic E-state index is 12.5. The lowest BCUT2D eigenvalue weighted by atomic mass is 9.86. The van der Waals surface area contributed by atoms with E-state index in [9.17, 15) is 18.4 Å². The van der Waals surface area contributed by atoms with Crippen LogP contribution in [0.15, 0.2) is 0 Å². The van der Waals surface area contributed by atoms with Gasteiger partial charge in [-0.1, -0.05) is 13.8 Å². The summed E-state index contributed by atoms with van der Waals surface area (Å²) in [4.78, 5) is 21.3. The zero-order valence-electron chi connectivity index (χ0n) is 8.88. The van der Waals surface area contributed by atoms with Crippen LogP contribution in [0, 0.1) is 5.41 Å². The zero-order valence-corrected chi connectivity index (χ0v) is 8.88. The molecule has 15 heavy (non-hydrogen) atoms. The van der Waals surface area contributed by atoms with Gasteiger partial charge in [0.2, 0.25) is 12.3 Å². The van der Waals surface area contributed by atoms with Crippen molar-refractivity contribution in [1.29, 1.82) is 0 Å². The zero-order chi connectivity index (χ0) is 12.2. The smallest absolute Gasteiger partial charge is 0.326 e. The number of carboxylic acids is 1. The van der Waals surface area contributed by atoms with Crippen LogP contribution in [0.3, 0.4) is 0 Å².